The molecule has 1 aromatic heterocycles. The van der Waals surface area contributed by atoms with Crippen LogP contribution in [0.25, 0.3) is 6.08 Å². The van der Waals surface area contributed by atoms with Crippen LogP contribution in [0.2, 0.25) is 0 Å². The largest absolute Gasteiger partial charge is 0.458 e. The third kappa shape index (κ3) is 5.16. The summed E-state index contributed by atoms with van der Waals surface area (Å²) in [6, 6.07) is 20.1. The molecule has 0 unspecified atom stereocenters. The molecule has 0 fully saturated rings. The van der Waals surface area contributed by atoms with E-state index in [1.54, 1.807) is 41.7 Å². The number of nitrogens with one attached hydrogen (secondary N) is 1. The van der Waals surface area contributed by atoms with E-state index >= 15 is 0 Å². The van der Waals surface area contributed by atoms with Gasteiger partial charge in [-0.15, -0.1) is 11.3 Å². The van der Waals surface area contributed by atoms with Gasteiger partial charge in [0.2, 0.25) is 0 Å². The molecule has 0 saturated heterocycles. The molecular formula is C21H17NO3S. The van der Waals surface area contributed by atoms with E-state index in [0.717, 1.165) is 16.1 Å². The zero-order chi connectivity index (χ0) is 18.2. The second-order valence-electron chi connectivity index (χ2n) is 5.47. The molecule has 26 heavy (non-hydrogen) atoms. The normalized spacial score (nSPS) is 10.6. The Morgan fingerprint density at radius 1 is 0.962 bits per heavy atom. The molecule has 2 aromatic carbocycles. The number of rotatable bonds is 6. The van der Waals surface area contributed by atoms with Crippen LogP contribution in [0, 0.1) is 0 Å². The number of thiophene rings is 1. The van der Waals surface area contributed by atoms with Crippen LogP contribution in [-0.4, -0.2) is 11.9 Å². The van der Waals surface area contributed by atoms with E-state index < -0.39 is 5.97 Å². The molecule has 1 heterocycles. The van der Waals surface area contributed by atoms with Crippen LogP contribution in [0.1, 0.15) is 20.8 Å². The highest BCUT2D eigenvalue weighted by atomic mass is 32.1. The average molecular weight is 363 g/mol. The Hall–Kier alpha value is -3.18. The first kappa shape index (κ1) is 17.6. The third-order valence-electron chi connectivity index (χ3n) is 3.56. The van der Waals surface area contributed by atoms with Gasteiger partial charge in [-0.05, 0) is 47.4 Å². The number of benzene rings is 2. The molecule has 0 saturated carbocycles. The Morgan fingerprint density at radius 3 is 2.42 bits per heavy atom. The number of amides is 1. The van der Waals surface area contributed by atoms with E-state index in [-0.39, 0.29) is 12.5 Å². The van der Waals surface area contributed by atoms with Crippen molar-refractivity contribution in [3.63, 3.8) is 0 Å². The van der Waals surface area contributed by atoms with Crippen molar-refractivity contribution in [1.82, 2.24) is 0 Å². The van der Waals surface area contributed by atoms with E-state index in [4.69, 9.17) is 4.74 Å². The smallest absolute Gasteiger partial charge is 0.331 e. The summed E-state index contributed by atoms with van der Waals surface area (Å²) < 4.78 is 5.20. The fourth-order valence-corrected chi connectivity index (χ4v) is 2.83. The molecule has 1 N–H and O–H groups in total. The Labute approximate surface area is 155 Å². The van der Waals surface area contributed by atoms with Crippen LogP contribution in [0.15, 0.2) is 78.2 Å². The molecule has 1 amide bonds. The molecule has 3 aromatic rings. The average Bonchev–Trinajstić information content (AvgIpc) is 3.19. The first-order valence-corrected chi connectivity index (χ1v) is 8.92. The maximum Gasteiger partial charge on any atom is 0.331 e. The maximum absolute atomic E-state index is 12.2. The second kappa shape index (κ2) is 8.78. The van der Waals surface area contributed by atoms with E-state index in [1.165, 1.54) is 6.08 Å². The van der Waals surface area contributed by atoms with Gasteiger partial charge in [0.1, 0.15) is 6.61 Å². The van der Waals surface area contributed by atoms with Gasteiger partial charge in [0.05, 0.1) is 0 Å². The zero-order valence-corrected chi connectivity index (χ0v) is 14.7. The van der Waals surface area contributed by atoms with Crippen LogP contribution in [0.3, 0.4) is 0 Å². The van der Waals surface area contributed by atoms with Crippen molar-refractivity contribution in [3.05, 3.63) is 94.2 Å². The first-order valence-electron chi connectivity index (χ1n) is 8.04. The summed E-state index contributed by atoms with van der Waals surface area (Å²) in [5.74, 6) is -0.581. The fourth-order valence-electron chi connectivity index (χ4n) is 2.22. The van der Waals surface area contributed by atoms with E-state index in [0.29, 0.717) is 5.56 Å². The Bertz CT molecular complexity index is 885. The number of para-hydroxylation sites is 1. The van der Waals surface area contributed by atoms with Crippen molar-refractivity contribution in [2.24, 2.45) is 0 Å². The minimum absolute atomic E-state index is 0.161. The molecular weight excluding hydrogens is 346 g/mol. The molecule has 0 bridgehead atoms. The highest BCUT2D eigenvalue weighted by molar-refractivity contribution is 7.10. The van der Waals surface area contributed by atoms with Gasteiger partial charge in [-0.25, -0.2) is 4.79 Å². The van der Waals surface area contributed by atoms with Crippen molar-refractivity contribution in [2.75, 3.05) is 5.32 Å². The van der Waals surface area contributed by atoms with Gasteiger partial charge in [0.15, 0.2) is 0 Å². The second-order valence-corrected chi connectivity index (χ2v) is 6.45. The van der Waals surface area contributed by atoms with E-state index in [1.807, 2.05) is 47.8 Å². The van der Waals surface area contributed by atoms with Crippen LogP contribution < -0.4 is 5.32 Å². The molecule has 5 heteroatoms. The molecule has 0 aliphatic rings. The maximum atomic E-state index is 12.2. The molecule has 4 nitrogen and oxygen atoms in total. The van der Waals surface area contributed by atoms with E-state index in [2.05, 4.69) is 5.32 Å². The summed E-state index contributed by atoms with van der Waals surface area (Å²) in [5.41, 5.74) is 2.11. The predicted molar refractivity (Wildman–Crippen MR) is 104 cm³/mol. The molecule has 0 radical (unpaired) electrons. The minimum Gasteiger partial charge on any atom is -0.458 e. The molecule has 0 aliphatic heterocycles. The fraction of sp³-hybridized carbons (Fsp3) is 0.0476. The summed E-state index contributed by atoms with van der Waals surface area (Å²) in [4.78, 5) is 24.9. The number of hydrogen-bond donors (Lipinski definition) is 1. The Balaban J connectivity index is 1.51. The monoisotopic (exact) mass is 363 g/mol. The Kier molecular flexibility index (Phi) is 5.96. The summed E-state index contributed by atoms with van der Waals surface area (Å²) >= 11 is 1.55. The highest BCUT2D eigenvalue weighted by Gasteiger charge is 2.06. The van der Waals surface area contributed by atoms with Gasteiger partial charge in [0.25, 0.3) is 5.91 Å². The number of anilines is 1. The van der Waals surface area contributed by atoms with Crippen LogP contribution in [0.4, 0.5) is 5.69 Å². The van der Waals surface area contributed by atoms with Crippen molar-refractivity contribution in [1.29, 1.82) is 0 Å². The molecule has 3 rings (SSSR count). The minimum atomic E-state index is -0.399. The number of ether oxygens (including phenoxy) is 1. The van der Waals surface area contributed by atoms with Gasteiger partial charge >= 0.3 is 5.97 Å². The lowest BCUT2D eigenvalue weighted by Gasteiger charge is -2.06. The van der Waals surface area contributed by atoms with Gasteiger partial charge < -0.3 is 10.1 Å². The quantitative estimate of drug-likeness (QED) is 0.508. The molecule has 0 spiro atoms. The topological polar surface area (TPSA) is 55.4 Å². The summed E-state index contributed by atoms with van der Waals surface area (Å²) in [5, 5.41) is 4.77. The lowest BCUT2D eigenvalue weighted by molar-refractivity contribution is -0.138. The lowest BCUT2D eigenvalue weighted by atomic mass is 10.1. The van der Waals surface area contributed by atoms with Crippen molar-refractivity contribution in [3.8, 4) is 0 Å². The zero-order valence-electron chi connectivity index (χ0n) is 13.9. The van der Waals surface area contributed by atoms with Crippen LogP contribution >= 0.6 is 11.3 Å². The predicted octanol–water partition coefficient (Wildman–Crippen LogP) is 4.76. The van der Waals surface area contributed by atoms with Gasteiger partial charge in [-0.2, -0.15) is 0 Å². The standard InChI is InChI=1S/C21H17NO3S/c23-20(13-12-19-7-4-14-26-19)25-15-16-8-10-17(11-9-16)21(24)22-18-5-2-1-3-6-18/h1-14H,15H2,(H,22,24)/b13-12+. The van der Waals surface area contributed by atoms with Gasteiger partial charge in [-0.1, -0.05) is 36.4 Å². The van der Waals surface area contributed by atoms with Crippen molar-refractivity contribution in [2.45, 2.75) is 6.61 Å². The van der Waals surface area contributed by atoms with Gasteiger partial charge in [0, 0.05) is 22.2 Å². The molecule has 0 aliphatic carbocycles. The number of esters is 1. The molecule has 0 atom stereocenters. The number of hydrogen-bond acceptors (Lipinski definition) is 4. The SMILES string of the molecule is O=C(/C=C/c1cccs1)OCc1ccc(C(=O)Nc2ccccc2)cc1. The van der Waals surface area contributed by atoms with Crippen molar-refractivity contribution >= 4 is 35.0 Å². The lowest BCUT2D eigenvalue weighted by Crippen LogP contribution is -2.11. The third-order valence-corrected chi connectivity index (χ3v) is 4.39. The van der Waals surface area contributed by atoms with Crippen LogP contribution in [-0.2, 0) is 16.1 Å². The van der Waals surface area contributed by atoms with Crippen LogP contribution in [0.5, 0.6) is 0 Å². The summed E-state index contributed by atoms with van der Waals surface area (Å²) in [7, 11) is 0. The summed E-state index contributed by atoms with van der Waals surface area (Å²) in [6.45, 7) is 0.161. The number of carbonyl (C=O) groups excluding carboxylic acids is 2. The summed E-state index contributed by atoms with van der Waals surface area (Å²) in [6.07, 6.45) is 3.14. The van der Waals surface area contributed by atoms with E-state index in [9.17, 15) is 9.59 Å². The highest BCUT2D eigenvalue weighted by Crippen LogP contribution is 2.12. The van der Waals surface area contributed by atoms with Gasteiger partial charge in [-0.3, -0.25) is 4.79 Å². The number of carbonyl (C=O) groups is 2. The Morgan fingerprint density at radius 2 is 1.73 bits per heavy atom. The van der Waals surface area contributed by atoms with Crippen molar-refractivity contribution < 1.29 is 14.3 Å². The first-order chi connectivity index (χ1) is 12.7. The molecule has 130 valence electrons.